The molecule has 2 aromatic heterocycles. The van der Waals surface area contributed by atoms with Crippen LogP contribution in [0.5, 0.6) is 0 Å². The summed E-state index contributed by atoms with van der Waals surface area (Å²) < 4.78 is 6.18. The van der Waals surface area contributed by atoms with Crippen LogP contribution in [0.3, 0.4) is 0 Å². The van der Waals surface area contributed by atoms with E-state index >= 15 is 0 Å². The minimum Gasteiger partial charge on any atom is -0.456 e. The van der Waals surface area contributed by atoms with E-state index in [0.717, 1.165) is 55.1 Å². The van der Waals surface area contributed by atoms with E-state index in [1.165, 1.54) is 37.4 Å². The van der Waals surface area contributed by atoms with Gasteiger partial charge in [0.1, 0.15) is 11.2 Å². The number of hydrogen-bond donors (Lipinski definition) is 0. The normalized spacial score (nSPS) is 12.0. The van der Waals surface area contributed by atoms with Crippen LogP contribution in [-0.2, 0) is 0 Å². The third-order valence-electron chi connectivity index (χ3n) is 10.4. The van der Waals surface area contributed by atoms with E-state index in [0.29, 0.717) is 17.5 Å². The molecule has 0 spiro atoms. The molecule has 5 heteroatoms. The highest BCUT2D eigenvalue weighted by atomic mass is 32.2. The Hall–Kier alpha value is -6.82. The highest BCUT2D eigenvalue weighted by Crippen LogP contribution is 2.52. The monoisotopic (exact) mass is 707 g/mol. The summed E-state index contributed by atoms with van der Waals surface area (Å²) in [5, 5.41) is 4.58. The Kier molecular flexibility index (Phi) is 7.07. The van der Waals surface area contributed by atoms with Gasteiger partial charge in [0.05, 0.1) is 0 Å². The fraction of sp³-hybridized carbons (Fsp3) is 0. The van der Waals surface area contributed by atoms with Gasteiger partial charge in [0, 0.05) is 48.2 Å². The van der Waals surface area contributed by atoms with Gasteiger partial charge in [-0.3, -0.25) is 0 Å². The maximum absolute atomic E-state index is 6.18. The zero-order valence-corrected chi connectivity index (χ0v) is 29.7. The second-order valence-corrected chi connectivity index (χ2v) is 14.6. The summed E-state index contributed by atoms with van der Waals surface area (Å²) in [5.41, 5.74) is 11.8. The topological polar surface area (TPSA) is 51.8 Å². The summed E-state index contributed by atoms with van der Waals surface area (Å²) in [6, 6.07) is 61.5. The van der Waals surface area contributed by atoms with Crippen LogP contribution in [0, 0.1) is 0 Å². The minimum absolute atomic E-state index is 0.642. The number of hydrogen-bond acceptors (Lipinski definition) is 5. The van der Waals surface area contributed by atoms with Crippen molar-refractivity contribution in [1.29, 1.82) is 0 Å². The number of rotatable bonds is 5. The van der Waals surface area contributed by atoms with Crippen LogP contribution < -0.4 is 0 Å². The molecule has 8 aromatic carbocycles. The van der Waals surface area contributed by atoms with Crippen LogP contribution >= 0.6 is 11.8 Å². The lowest BCUT2D eigenvalue weighted by atomic mass is 9.89. The summed E-state index contributed by atoms with van der Waals surface area (Å²) in [5.74, 6) is 1.94. The number of aromatic nitrogens is 3. The molecule has 0 unspecified atom stereocenters. The van der Waals surface area contributed by atoms with E-state index in [4.69, 9.17) is 19.4 Å². The van der Waals surface area contributed by atoms with Gasteiger partial charge in [-0.05, 0) is 69.6 Å². The molecule has 10 aromatic rings. The zero-order chi connectivity index (χ0) is 35.6. The first kappa shape index (κ1) is 30.8. The maximum atomic E-state index is 6.18. The first-order valence-corrected chi connectivity index (χ1v) is 18.8. The van der Waals surface area contributed by atoms with E-state index in [2.05, 4.69) is 140 Å². The SMILES string of the molecule is c1ccc(-c2ccc(-c3nc(-c4ccccc4)nc(-c4ccc5c6c(cccc46)-c4c(cccc4-c4ccc6oc7ccccc7c6c4)S5)n3)cc2)cc1. The molecular formula is C49H29N3OS. The summed E-state index contributed by atoms with van der Waals surface area (Å²) in [4.78, 5) is 17.8. The van der Waals surface area contributed by atoms with Crippen molar-refractivity contribution < 1.29 is 4.42 Å². The second-order valence-electron chi connectivity index (χ2n) is 13.5. The van der Waals surface area contributed by atoms with Crippen LogP contribution in [0.2, 0.25) is 0 Å². The lowest BCUT2D eigenvalue weighted by molar-refractivity contribution is 0.669. The van der Waals surface area contributed by atoms with Crippen LogP contribution in [0.4, 0.5) is 0 Å². The van der Waals surface area contributed by atoms with E-state index < -0.39 is 0 Å². The van der Waals surface area contributed by atoms with Gasteiger partial charge in [-0.15, -0.1) is 0 Å². The van der Waals surface area contributed by atoms with Crippen molar-refractivity contribution in [2.24, 2.45) is 0 Å². The maximum Gasteiger partial charge on any atom is 0.164 e. The molecule has 0 aliphatic carbocycles. The van der Waals surface area contributed by atoms with Gasteiger partial charge in [-0.1, -0.05) is 151 Å². The van der Waals surface area contributed by atoms with Gasteiger partial charge in [-0.25, -0.2) is 15.0 Å². The van der Waals surface area contributed by atoms with Gasteiger partial charge >= 0.3 is 0 Å². The minimum atomic E-state index is 0.642. The van der Waals surface area contributed by atoms with Gasteiger partial charge in [0.2, 0.25) is 0 Å². The van der Waals surface area contributed by atoms with Gasteiger partial charge in [0.15, 0.2) is 17.5 Å². The standard InChI is InChI=1S/C49H29N3OS/c1-3-11-30(12-4-1)31-21-23-33(24-22-31)48-50-47(32-13-5-2-6-14-32)51-49(52-48)38-26-28-44-46-37(38)17-9-18-39(46)45-35(16-10-20-43(45)54-44)34-25-27-42-40(29-34)36-15-7-8-19-41(36)53-42/h1-29H. The van der Waals surface area contributed by atoms with Gasteiger partial charge in [0.25, 0.3) is 0 Å². The average molecular weight is 708 g/mol. The van der Waals surface area contributed by atoms with Crippen molar-refractivity contribution in [3.63, 3.8) is 0 Å². The number of para-hydroxylation sites is 1. The van der Waals surface area contributed by atoms with E-state index in [1.807, 2.05) is 48.2 Å². The van der Waals surface area contributed by atoms with Crippen molar-refractivity contribution in [2.45, 2.75) is 9.79 Å². The number of benzene rings is 8. The number of furan rings is 1. The van der Waals surface area contributed by atoms with Crippen molar-refractivity contribution in [3.05, 3.63) is 176 Å². The smallest absolute Gasteiger partial charge is 0.164 e. The molecule has 54 heavy (non-hydrogen) atoms. The first-order chi connectivity index (χ1) is 26.7. The Morgan fingerprint density at radius 2 is 0.944 bits per heavy atom. The predicted octanol–water partition coefficient (Wildman–Crippen LogP) is 13.4. The molecule has 0 fully saturated rings. The fourth-order valence-electron chi connectivity index (χ4n) is 7.79. The summed E-state index contributed by atoms with van der Waals surface area (Å²) in [7, 11) is 0. The molecule has 3 heterocycles. The molecule has 1 aliphatic rings. The van der Waals surface area contributed by atoms with Gasteiger partial charge in [-0.2, -0.15) is 0 Å². The van der Waals surface area contributed by atoms with Crippen molar-refractivity contribution >= 4 is 44.5 Å². The molecule has 0 bridgehead atoms. The molecule has 0 atom stereocenters. The molecule has 252 valence electrons. The Morgan fingerprint density at radius 1 is 0.352 bits per heavy atom. The summed E-state index contributed by atoms with van der Waals surface area (Å²) in [6.45, 7) is 0. The van der Waals surface area contributed by atoms with E-state index in [-0.39, 0.29) is 0 Å². The Labute approximate surface area is 315 Å². The van der Waals surface area contributed by atoms with E-state index in [9.17, 15) is 0 Å². The van der Waals surface area contributed by atoms with Crippen LogP contribution in [-0.4, -0.2) is 15.0 Å². The number of nitrogens with zero attached hydrogens (tertiary/aromatic N) is 3. The van der Waals surface area contributed by atoms with Crippen molar-refractivity contribution in [1.82, 2.24) is 15.0 Å². The Bertz CT molecular complexity index is 3060. The lowest BCUT2D eigenvalue weighted by Gasteiger charge is -2.24. The van der Waals surface area contributed by atoms with Crippen molar-refractivity contribution in [2.75, 3.05) is 0 Å². The highest BCUT2D eigenvalue weighted by Gasteiger charge is 2.25. The Balaban J connectivity index is 1.08. The lowest BCUT2D eigenvalue weighted by Crippen LogP contribution is -2.02. The second kappa shape index (κ2) is 12.4. The molecule has 11 rings (SSSR count). The Morgan fingerprint density at radius 3 is 1.76 bits per heavy atom. The molecule has 0 saturated heterocycles. The quantitative estimate of drug-likeness (QED) is 0.178. The van der Waals surface area contributed by atoms with Gasteiger partial charge < -0.3 is 4.42 Å². The van der Waals surface area contributed by atoms with Crippen LogP contribution in [0.15, 0.2) is 190 Å². The predicted molar refractivity (Wildman–Crippen MR) is 221 cm³/mol. The average Bonchev–Trinajstić information content (AvgIpc) is 3.62. The summed E-state index contributed by atoms with van der Waals surface area (Å²) >= 11 is 1.82. The third kappa shape index (κ3) is 5.05. The molecule has 0 radical (unpaired) electrons. The molecular weight excluding hydrogens is 679 g/mol. The summed E-state index contributed by atoms with van der Waals surface area (Å²) in [6.07, 6.45) is 0. The first-order valence-electron chi connectivity index (χ1n) is 18.0. The molecule has 0 amide bonds. The zero-order valence-electron chi connectivity index (χ0n) is 28.9. The fourth-order valence-corrected chi connectivity index (χ4v) is 8.96. The molecule has 0 saturated carbocycles. The molecule has 1 aliphatic heterocycles. The largest absolute Gasteiger partial charge is 0.456 e. The highest BCUT2D eigenvalue weighted by molar-refractivity contribution is 7.99. The third-order valence-corrected chi connectivity index (χ3v) is 11.5. The van der Waals surface area contributed by atoms with Crippen molar-refractivity contribution in [3.8, 4) is 67.5 Å². The van der Waals surface area contributed by atoms with Crippen LogP contribution in [0.1, 0.15) is 0 Å². The van der Waals surface area contributed by atoms with E-state index in [1.54, 1.807) is 0 Å². The number of fused-ring (bicyclic) bond motifs is 5. The molecule has 4 nitrogen and oxygen atoms in total. The molecule has 0 N–H and O–H groups in total. The van der Waals surface area contributed by atoms with Crippen LogP contribution in [0.25, 0.3) is 100 Å².